The van der Waals surface area contributed by atoms with Gasteiger partial charge in [-0.3, -0.25) is 9.69 Å². The number of nitrogens with one attached hydrogen (secondary N) is 1. The molecule has 0 unspecified atom stereocenters. The predicted octanol–water partition coefficient (Wildman–Crippen LogP) is 4.46. The first-order valence-electron chi connectivity index (χ1n) is 10.2. The number of likely N-dealkylation sites (tertiary alicyclic amines) is 1. The maximum Gasteiger partial charge on any atom is 0.260 e. The van der Waals surface area contributed by atoms with Crippen LogP contribution in [0.2, 0.25) is 5.02 Å². The highest BCUT2D eigenvalue weighted by molar-refractivity contribution is 6.32. The van der Waals surface area contributed by atoms with E-state index in [4.69, 9.17) is 21.1 Å². The van der Waals surface area contributed by atoms with Crippen molar-refractivity contribution in [2.45, 2.75) is 38.3 Å². The molecule has 0 bridgehead atoms. The predicted molar refractivity (Wildman–Crippen MR) is 116 cm³/mol. The molecule has 0 aliphatic carbocycles. The molecule has 3 rings (SSSR count). The summed E-state index contributed by atoms with van der Waals surface area (Å²) in [7, 11) is 1.66. The Bertz CT molecular complexity index is 791. The van der Waals surface area contributed by atoms with E-state index in [9.17, 15) is 4.79 Å². The molecule has 0 saturated carbocycles. The summed E-state index contributed by atoms with van der Waals surface area (Å²) >= 11 is 6.13. The number of piperidine rings is 1. The number of nitrogens with zero attached hydrogens (tertiary/aromatic N) is 1. The van der Waals surface area contributed by atoms with Crippen molar-refractivity contribution in [3.05, 3.63) is 59.1 Å². The quantitative estimate of drug-likeness (QED) is 0.690. The van der Waals surface area contributed by atoms with Crippen LogP contribution in [-0.4, -0.2) is 43.7 Å². The van der Waals surface area contributed by atoms with Gasteiger partial charge in [0.2, 0.25) is 0 Å². The second-order valence-electron chi connectivity index (χ2n) is 7.32. The minimum Gasteiger partial charge on any atom is -0.497 e. The molecule has 1 amide bonds. The van der Waals surface area contributed by atoms with Gasteiger partial charge in [0.15, 0.2) is 6.10 Å². The lowest BCUT2D eigenvalue weighted by molar-refractivity contribution is -0.127. The summed E-state index contributed by atoms with van der Waals surface area (Å²) < 4.78 is 11.0. The molecule has 1 aliphatic rings. The van der Waals surface area contributed by atoms with E-state index in [1.807, 2.05) is 24.3 Å². The fourth-order valence-electron chi connectivity index (χ4n) is 3.64. The van der Waals surface area contributed by atoms with Crippen molar-refractivity contribution in [3.8, 4) is 11.5 Å². The van der Waals surface area contributed by atoms with Crippen molar-refractivity contribution in [2.24, 2.45) is 0 Å². The molecular weight excluding hydrogens is 388 g/mol. The summed E-state index contributed by atoms with van der Waals surface area (Å²) in [5.74, 6) is 1.19. The molecule has 2 atom stereocenters. The van der Waals surface area contributed by atoms with E-state index in [-0.39, 0.29) is 11.9 Å². The Labute approximate surface area is 177 Å². The fourth-order valence-corrected chi connectivity index (χ4v) is 3.82. The summed E-state index contributed by atoms with van der Waals surface area (Å²) in [5.41, 5.74) is 1.17. The minimum absolute atomic E-state index is 0.123. The summed E-state index contributed by atoms with van der Waals surface area (Å²) in [6, 6.07) is 15.4. The van der Waals surface area contributed by atoms with Gasteiger partial charge < -0.3 is 14.8 Å². The van der Waals surface area contributed by atoms with Crippen LogP contribution in [0.25, 0.3) is 0 Å². The average molecular weight is 417 g/mol. The number of benzene rings is 2. The van der Waals surface area contributed by atoms with Gasteiger partial charge in [-0.05, 0) is 62.7 Å². The Kier molecular flexibility index (Phi) is 7.78. The van der Waals surface area contributed by atoms with Gasteiger partial charge in [-0.1, -0.05) is 42.3 Å². The van der Waals surface area contributed by atoms with E-state index in [0.29, 0.717) is 17.3 Å². The number of hydrogen-bond acceptors (Lipinski definition) is 4. The minimum atomic E-state index is -0.632. The molecular formula is C23H29ClN2O3. The summed E-state index contributed by atoms with van der Waals surface area (Å²) in [6.45, 7) is 4.35. The molecule has 0 radical (unpaired) electrons. The van der Waals surface area contributed by atoms with Gasteiger partial charge in [-0.25, -0.2) is 0 Å². The van der Waals surface area contributed by atoms with Crippen LogP contribution in [0.4, 0.5) is 0 Å². The lowest BCUT2D eigenvalue weighted by Gasteiger charge is -2.35. The van der Waals surface area contributed by atoms with E-state index < -0.39 is 6.10 Å². The van der Waals surface area contributed by atoms with Gasteiger partial charge in [0.25, 0.3) is 5.91 Å². The number of methoxy groups -OCH3 is 1. The van der Waals surface area contributed by atoms with Gasteiger partial charge in [0, 0.05) is 6.54 Å². The van der Waals surface area contributed by atoms with Crippen molar-refractivity contribution in [1.29, 1.82) is 0 Å². The Morgan fingerprint density at radius 3 is 2.45 bits per heavy atom. The highest BCUT2D eigenvalue weighted by Gasteiger charge is 2.24. The Hall–Kier alpha value is -2.24. The Morgan fingerprint density at radius 2 is 1.79 bits per heavy atom. The third-order valence-electron chi connectivity index (χ3n) is 5.31. The van der Waals surface area contributed by atoms with Crippen LogP contribution in [0.3, 0.4) is 0 Å². The van der Waals surface area contributed by atoms with Gasteiger partial charge in [-0.15, -0.1) is 0 Å². The molecule has 1 aliphatic heterocycles. The van der Waals surface area contributed by atoms with Crippen molar-refractivity contribution < 1.29 is 14.3 Å². The van der Waals surface area contributed by atoms with Crippen molar-refractivity contribution >= 4 is 17.5 Å². The summed E-state index contributed by atoms with van der Waals surface area (Å²) in [5, 5.41) is 3.56. The van der Waals surface area contributed by atoms with Crippen LogP contribution < -0.4 is 14.8 Å². The first-order chi connectivity index (χ1) is 14.1. The van der Waals surface area contributed by atoms with Crippen LogP contribution in [0.15, 0.2) is 48.5 Å². The van der Waals surface area contributed by atoms with E-state index in [2.05, 4.69) is 22.3 Å². The molecule has 0 spiro atoms. The maximum absolute atomic E-state index is 12.7. The normalized spacial score (nSPS) is 16.7. The molecule has 156 valence electrons. The van der Waals surface area contributed by atoms with Crippen LogP contribution in [0.5, 0.6) is 11.5 Å². The molecule has 1 fully saturated rings. The van der Waals surface area contributed by atoms with Gasteiger partial charge >= 0.3 is 0 Å². The van der Waals surface area contributed by atoms with Crippen LogP contribution in [-0.2, 0) is 4.79 Å². The Morgan fingerprint density at radius 1 is 1.10 bits per heavy atom. The number of amides is 1. The lowest BCUT2D eigenvalue weighted by Crippen LogP contribution is -2.43. The van der Waals surface area contributed by atoms with Gasteiger partial charge in [0.1, 0.15) is 11.5 Å². The standard InChI is InChI=1S/C23H29ClN2O3/c1-17(29-22-9-5-4-8-20(22)24)23(27)25-16-21(26-14-6-3-7-15-26)18-10-12-19(28-2)13-11-18/h4-5,8-13,17,21H,3,6-7,14-16H2,1-2H3,(H,25,27)/t17-,21+/m0/s1. The lowest BCUT2D eigenvalue weighted by atomic mass is 10.0. The van der Waals surface area contributed by atoms with E-state index in [1.165, 1.54) is 24.8 Å². The Balaban J connectivity index is 1.65. The maximum atomic E-state index is 12.7. The number of para-hydroxylation sites is 1. The fraction of sp³-hybridized carbons (Fsp3) is 0.435. The zero-order valence-corrected chi connectivity index (χ0v) is 17.8. The zero-order chi connectivity index (χ0) is 20.6. The largest absolute Gasteiger partial charge is 0.497 e. The molecule has 1 saturated heterocycles. The zero-order valence-electron chi connectivity index (χ0n) is 17.1. The van der Waals surface area contributed by atoms with E-state index in [1.54, 1.807) is 26.2 Å². The second kappa shape index (κ2) is 10.5. The molecule has 0 aromatic heterocycles. The third-order valence-corrected chi connectivity index (χ3v) is 5.62. The average Bonchev–Trinajstić information content (AvgIpc) is 2.76. The number of ether oxygens (including phenoxy) is 2. The molecule has 2 aromatic carbocycles. The SMILES string of the molecule is COc1ccc([C@@H](CNC(=O)[C@H](C)Oc2ccccc2Cl)N2CCCCC2)cc1. The van der Waals surface area contributed by atoms with E-state index in [0.717, 1.165) is 18.8 Å². The third kappa shape index (κ3) is 5.87. The monoisotopic (exact) mass is 416 g/mol. The van der Waals surface area contributed by atoms with Crippen molar-refractivity contribution in [1.82, 2.24) is 10.2 Å². The van der Waals surface area contributed by atoms with Gasteiger partial charge in [0.05, 0.1) is 18.2 Å². The first-order valence-corrected chi connectivity index (χ1v) is 10.5. The molecule has 2 aromatic rings. The summed E-state index contributed by atoms with van der Waals surface area (Å²) in [4.78, 5) is 15.1. The number of halogens is 1. The highest BCUT2D eigenvalue weighted by atomic mass is 35.5. The van der Waals surface area contributed by atoms with Crippen LogP contribution in [0, 0.1) is 0 Å². The summed E-state index contributed by atoms with van der Waals surface area (Å²) in [6.07, 6.45) is 3.01. The smallest absolute Gasteiger partial charge is 0.260 e. The molecule has 6 heteroatoms. The topological polar surface area (TPSA) is 50.8 Å². The van der Waals surface area contributed by atoms with Crippen LogP contribution in [0.1, 0.15) is 37.8 Å². The number of rotatable bonds is 8. The van der Waals surface area contributed by atoms with Crippen molar-refractivity contribution in [2.75, 3.05) is 26.7 Å². The highest BCUT2D eigenvalue weighted by Crippen LogP contribution is 2.27. The first kappa shape index (κ1) is 21.5. The van der Waals surface area contributed by atoms with Crippen LogP contribution >= 0.6 is 11.6 Å². The molecule has 5 nitrogen and oxygen atoms in total. The molecule has 1 N–H and O–H groups in total. The molecule has 1 heterocycles. The second-order valence-corrected chi connectivity index (χ2v) is 7.73. The molecule has 29 heavy (non-hydrogen) atoms. The number of carbonyl (C=O) groups excluding carboxylic acids is 1. The number of carbonyl (C=O) groups is 1. The number of hydrogen-bond donors (Lipinski definition) is 1. The van der Waals surface area contributed by atoms with Crippen molar-refractivity contribution in [3.63, 3.8) is 0 Å². The van der Waals surface area contributed by atoms with Gasteiger partial charge in [-0.2, -0.15) is 0 Å². The van der Waals surface area contributed by atoms with E-state index >= 15 is 0 Å².